The molecule has 3 rings (SSSR count). The maximum Gasteiger partial charge on any atom is 0.275 e. The largest absolute Gasteiger partial charge is 0.374 e. The van der Waals surface area contributed by atoms with Gasteiger partial charge >= 0.3 is 0 Å². The van der Waals surface area contributed by atoms with Crippen molar-refractivity contribution >= 4 is 42.0 Å². The van der Waals surface area contributed by atoms with Crippen LogP contribution >= 0.6 is 25.3 Å². The first-order chi connectivity index (χ1) is 13.3. The predicted octanol–water partition coefficient (Wildman–Crippen LogP) is 2.23. The number of hydrogen-bond acceptors (Lipinski definition) is 5. The van der Waals surface area contributed by atoms with Crippen LogP contribution in [0.1, 0.15) is 25.5 Å². The fourth-order valence-corrected chi connectivity index (χ4v) is 4.01. The number of ether oxygens (including phenoxy) is 1. The molecule has 0 saturated carbocycles. The number of rotatable bonds is 5. The molecule has 2 heterocycles. The fraction of sp³-hybridized carbons (Fsp3) is 0.526. The molecule has 0 aliphatic carbocycles. The molecule has 0 bridgehead atoms. The first kappa shape index (κ1) is 21.4. The highest BCUT2D eigenvalue weighted by atomic mass is 79.9. The maximum atomic E-state index is 12.9. The standard InChI is InChI=1S/C19H26BrN4O3P/c1-12(2)18-16-8-13(20)4-5-15(16)19(26)23(21-18)11-17(25)24(28)10-14-9-22(3)6-7-27-14/h4-5,8,12,14H,6-7,9-11,28H2,1-3H3. The van der Waals surface area contributed by atoms with Crippen LogP contribution in [0, 0.1) is 0 Å². The van der Waals surface area contributed by atoms with E-state index in [2.05, 4.69) is 35.3 Å². The lowest BCUT2D eigenvalue weighted by molar-refractivity contribution is -0.129. The van der Waals surface area contributed by atoms with E-state index in [-0.39, 0.29) is 30.0 Å². The molecule has 0 spiro atoms. The number of amides is 1. The molecular formula is C19H26BrN4O3P. The molecular weight excluding hydrogens is 443 g/mol. The van der Waals surface area contributed by atoms with Crippen LogP contribution in [0.3, 0.4) is 0 Å². The molecule has 2 unspecified atom stereocenters. The maximum absolute atomic E-state index is 12.9. The molecule has 1 aliphatic rings. The summed E-state index contributed by atoms with van der Waals surface area (Å²) in [6.07, 6.45) is -0.0370. The van der Waals surface area contributed by atoms with Gasteiger partial charge in [-0.1, -0.05) is 29.8 Å². The van der Waals surface area contributed by atoms with Gasteiger partial charge in [0.1, 0.15) is 6.54 Å². The molecule has 0 radical (unpaired) electrons. The molecule has 1 amide bonds. The van der Waals surface area contributed by atoms with Crippen molar-refractivity contribution in [1.82, 2.24) is 19.4 Å². The average molecular weight is 469 g/mol. The van der Waals surface area contributed by atoms with Crippen molar-refractivity contribution in [3.63, 3.8) is 0 Å². The van der Waals surface area contributed by atoms with Crippen LogP contribution < -0.4 is 5.56 Å². The van der Waals surface area contributed by atoms with E-state index >= 15 is 0 Å². The second-order valence-electron chi connectivity index (χ2n) is 7.49. The Kier molecular flexibility index (Phi) is 6.86. The quantitative estimate of drug-likeness (QED) is 0.629. The Bertz CT molecular complexity index is 933. The van der Waals surface area contributed by atoms with Crippen molar-refractivity contribution in [2.75, 3.05) is 33.3 Å². The van der Waals surface area contributed by atoms with E-state index in [9.17, 15) is 9.59 Å². The van der Waals surface area contributed by atoms with Crippen LogP contribution in [0.5, 0.6) is 0 Å². The zero-order valence-electron chi connectivity index (χ0n) is 16.4. The highest BCUT2D eigenvalue weighted by Crippen LogP contribution is 2.24. The van der Waals surface area contributed by atoms with Crippen molar-refractivity contribution < 1.29 is 9.53 Å². The Labute approximate surface area is 175 Å². The van der Waals surface area contributed by atoms with Crippen molar-refractivity contribution in [3.8, 4) is 0 Å². The number of aromatic nitrogens is 2. The normalized spacial score (nSPS) is 18.0. The average Bonchev–Trinajstić information content (AvgIpc) is 2.63. The number of nitrogens with zero attached hydrogens (tertiary/aromatic N) is 4. The van der Waals surface area contributed by atoms with Crippen LogP contribution in [0.4, 0.5) is 0 Å². The topological polar surface area (TPSA) is 67.7 Å². The molecule has 1 aromatic carbocycles. The lowest BCUT2D eigenvalue weighted by atomic mass is 10.0. The summed E-state index contributed by atoms with van der Waals surface area (Å²) < 4.78 is 9.44. The minimum Gasteiger partial charge on any atom is -0.374 e. The van der Waals surface area contributed by atoms with Gasteiger partial charge in [-0.15, -0.1) is 0 Å². The zero-order chi connectivity index (χ0) is 20.4. The Morgan fingerprint density at radius 3 is 2.86 bits per heavy atom. The van der Waals surface area contributed by atoms with Gasteiger partial charge in [-0.25, -0.2) is 4.68 Å². The van der Waals surface area contributed by atoms with E-state index in [1.807, 2.05) is 33.0 Å². The van der Waals surface area contributed by atoms with Crippen molar-refractivity contribution in [2.24, 2.45) is 0 Å². The van der Waals surface area contributed by atoms with Crippen LogP contribution in [-0.4, -0.2) is 64.7 Å². The number of morpholine rings is 1. The second kappa shape index (κ2) is 8.99. The Morgan fingerprint density at radius 2 is 2.18 bits per heavy atom. The van der Waals surface area contributed by atoms with E-state index < -0.39 is 0 Å². The molecule has 1 fully saturated rings. The van der Waals surface area contributed by atoms with Crippen LogP contribution in [0.15, 0.2) is 27.5 Å². The van der Waals surface area contributed by atoms with Gasteiger partial charge in [0.2, 0.25) is 5.91 Å². The summed E-state index contributed by atoms with van der Waals surface area (Å²) >= 11 is 3.45. The molecule has 2 atom stereocenters. The third-order valence-corrected chi connectivity index (χ3v) is 5.84. The summed E-state index contributed by atoms with van der Waals surface area (Å²) in [6.45, 7) is 6.74. The summed E-state index contributed by atoms with van der Waals surface area (Å²) in [5.74, 6) is -0.0698. The summed E-state index contributed by atoms with van der Waals surface area (Å²) in [5.41, 5.74) is 0.545. The number of halogens is 1. The smallest absolute Gasteiger partial charge is 0.275 e. The van der Waals surface area contributed by atoms with Gasteiger partial charge < -0.3 is 14.3 Å². The molecule has 1 aliphatic heterocycles. The van der Waals surface area contributed by atoms with Gasteiger partial charge in [-0.2, -0.15) is 5.10 Å². The minimum atomic E-state index is -0.257. The van der Waals surface area contributed by atoms with Gasteiger partial charge in [0.25, 0.3) is 5.56 Å². The highest BCUT2D eigenvalue weighted by molar-refractivity contribution is 9.10. The SMILES string of the molecule is CC(C)c1nn(CC(=O)N(P)CC2CN(C)CCO2)c(=O)c2ccc(Br)cc12. The molecule has 28 heavy (non-hydrogen) atoms. The molecule has 1 aromatic heterocycles. The third-order valence-electron chi connectivity index (χ3n) is 4.85. The molecule has 1 saturated heterocycles. The van der Waals surface area contributed by atoms with Gasteiger partial charge in [0.15, 0.2) is 0 Å². The number of carbonyl (C=O) groups excluding carboxylic acids is 1. The van der Waals surface area contributed by atoms with Crippen molar-refractivity contribution in [3.05, 3.63) is 38.7 Å². The van der Waals surface area contributed by atoms with E-state index in [1.54, 1.807) is 10.7 Å². The highest BCUT2D eigenvalue weighted by Gasteiger charge is 2.23. The molecule has 9 heteroatoms. The van der Waals surface area contributed by atoms with Gasteiger partial charge in [-0.3, -0.25) is 9.59 Å². The Balaban J connectivity index is 1.83. The monoisotopic (exact) mass is 468 g/mol. The van der Waals surface area contributed by atoms with Gasteiger partial charge in [0.05, 0.1) is 30.3 Å². The van der Waals surface area contributed by atoms with E-state index in [4.69, 9.17) is 4.74 Å². The van der Waals surface area contributed by atoms with Crippen LogP contribution in [0.2, 0.25) is 0 Å². The first-order valence-electron chi connectivity index (χ1n) is 9.31. The van der Waals surface area contributed by atoms with E-state index in [0.29, 0.717) is 18.5 Å². The van der Waals surface area contributed by atoms with Crippen LogP contribution in [0.25, 0.3) is 10.8 Å². The van der Waals surface area contributed by atoms with E-state index in [0.717, 1.165) is 28.6 Å². The number of benzene rings is 1. The Morgan fingerprint density at radius 1 is 1.43 bits per heavy atom. The molecule has 2 aromatic rings. The summed E-state index contributed by atoms with van der Waals surface area (Å²) in [6, 6.07) is 5.52. The Hall–Kier alpha value is -1.34. The van der Waals surface area contributed by atoms with Crippen molar-refractivity contribution in [1.29, 1.82) is 0 Å². The lowest BCUT2D eigenvalue weighted by Crippen LogP contribution is -2.45. The summed E-state index contributed by atoms with van der Waals surface area (Å²) in [4.78, 5) is 27.8. The minimum absolute atomic E-state index is 0.0370. The van der Waals surface area contributed by atoms with Crippen molar-refractivity contribution in [2.45, 2.75) is 32.4 Å². The second-order valence-corrected chi connectivity index (χ2v) is 9.03. The van der Waals surface area contributed by atoms with Crippen LogP contribution in [-0.2, 0) is 16.1 Å². The first-order valence-corrected chi connectivity index (χ1v) is 10.6. The van der Waals surface area contributed by atoms with Gasteiger partial charge in [-0.05, 0) is 40.6 Å². The zero-order valence-corrected chi connectivity index (χ0v) is 19.1. The number of carbonyl (C=O) groups is 1. The third kappa shape index (κ3) is 4.79. The number of fused-ring (bicyclic) bond motifs is 1. The summed E-state index contributed by atoms with van der Waals surface area (Å²) in [7, 11) is 4.48. The van der Waals surface area contributed by atoms with Gasteiger partial charge in [0, 0.05) is 22.9 Å². The lowest BCUT2D eigenvalue weighted by Gasteiger charge is -2.32. The number of hydrogen-bond donors (Lipinski definition) is 0. The molecule has 0 N–H and O–H groups in total. The molecule has 152 valence electrons. The van der Waals surface area contributed by atoms with E-state index in [1.165, 1.54) is 4.68 Å². The number of likely N-dealkylation sites (N-methyl/N-ethyl adjacent to an activating group) is 1. The summed E-state index contributed by atoms with van der Waals surface area (Å²) in [5, 5.41) is 5.90. The fourth-order valence-electron chi connectivity index (χ4n) is 3.33. The molecule has 7 nitrogen and oxygen atoms in total. The predicted molar refractivity (Wildman–Crippen MR) is 116 cm³/mol.